The van der Waals surface area contributed by atoms with E-state index in [1.54, 1.807) is 6.26 Å². The number of rotatable bonds is 7. The predicted octanol–water partition coefficient (Wildman–Crippen LogP) is 15.8. The fourth-order valence-electron chi connectivity index (χ4n) is 11.6. The lowest BCUT2D eigenvalue weighted by atomic mass is 9.67. The molecule has 0 unspecified atom stereocenters. The minimum atomic E-state index is -0.672. The summed E-state index contributed by atoms with van der Waals surface area (Å²) < 4.78 is 6.22. The summed E-state index contributed by atoms with van der Waals surface area (Å²) in [4.78, 5) is 2.54. The predicted molar refractivity (Wildman–Crippen MR) is 263 cm³/mol. The third-order valence-corrected chi connectivity index (χ3v) is 14.1. The van der Waals surface area contributed by atoms with Crippen molar-refractivity contribution in [3.05, 3.63) is 293 Å². The molecule has 0 saturated heterocycles. The fraction of sp³-hybridized carbons (Fsp3) is 0.0323. The first-order valence-corrected chi connectivity index (χ1v) is 22.2. The Morgan fingerprint density at radius 2 is 0.875 bits per heavy atom. The van der Waals surface area contributed by atoms with Gasteiger partial charge in [0.2, 0.25) is 0 Å². The van der Waals surface area contributed by atoms with Gasteiger partial charge in [-0.1, -0.05) is 206 Å². The highest BCUT2D eigenvalue weighted by molar-refractivity contribution is 6.07. The van der Waals surface area contributed by atoms with Crippen LogP contribution in [-0.2, 0) is 10.8 Å². The minimum Gasteiger partial charge on any atom is -0.464 e. The van der Waals surface area contributed by atoms with Gasteiger partial charge in [-0.15, -0.1) is 0 Å². The largest absolute Gasteiger partial charge is 0.464 e. The molecule has 0 saturated carbocycles. The van der Waals surface area contributed by atoms with E-state index < -0.39 is 10.8 Å². The van der Waals surface area contributed by atoms with Gasteiger partial charge >= 0.3 is 0 Å². The Bertz CT molecular complexity index is 3470. The Kier molecular flexibility index (Phi) is 8.07. The quantitative estimate of drug-likeness (QED) is 0.159. The van der Waals surface area contributed by atoms with Crippen molar-refractivity contribution in [2.75, 3.05) is 4.90 Å². The van der Waals surface area contributed by atoms with Crippen molar-refractivity contribution >= 4 is 38.8 Å². The smallest absolute Gasteiger partial charge is 0.135 e. The summed E-state index contributed by atoms with van der Waals surface area (Å²) in [5, 5.41) is 3.55. The van der Waals surface area contributed by atoms with Gasteiger partial charge in [-0.2, -0.15) is 0 Å². The van der Waals surface area contributed by atoms with Crippen LogP contribution in [0.3, 0.4) is 0 Å². The average Bonchev–Trinajstić information content (AvgIpc) is 4.06. The van der Waals surface area contributed by atoms with E-state index in [-0.39, 0.29) is 0 Å². The molecule has 0 aliphatic heterocycles. The molecule has 2 heteroatoms. The topological polar surface area (TPSA) is 16.4 Å². The molecule has 13 rings (SSSR count). The summed E-state index contributed by atoms with van der Waals surface area (Å²) in [5.41, 5.74) is 17.8. The molecule has 10 aromatic carbocycles. The molecule has 0 spiro atoms. The van der Waals surface area contributed by atoms with Crippen LogP contribution in [0.4, 0.5) is 17.1 Å². The second-order valence-corrected chi connectivity index (χ2v) is 17.1. The van der Waals surface area contributed by atoms with Gasteiger partial charge in [-0.3, -0.25) is 0 Å². The molecule has 0 fully saturated rings. The van der Waals surface area contributed by atoms with Crippen molar-refractivity contribution < 1.29 is 4.42 Å². The Hall–Kier alpha value is -8.20. The number of nitrogens with zero attached hydrogens (tertiary/aromatic N) is 1. The van der Waals surface area contributed by atoms with Crippen LogP contribution in [0.1, 0.15) is 44.5 Å². The Morgan fingerprint density at radius 3 is 1.58 bits per heavy atom. The first-order valence-electron chi connectivity index (χ1n) is 22.2. The highest BCUT2D eigenvalue weighted by atomic mass is 16.3. The molecule has 2 nitrogen and oxygen atoms in total. The van der Waals surface area contributed by atoms with Crippen LogP contribution in [0, 0.1) is 0 Å². The number of furan rings is 1. The number of anilines is 3. The summed E-state index contributed by atoms with van der Waals surface area (Å²) in [7, 11) is 0. The minimum absolute atomic E-state index is 0.563. The van der Waals surface area contributed by atoms with Gasteiger partial charge in [0.05, 0.1) is 28.5 Å². The molecule has 11 aromatic rings. The van der Waals surface area contributed by atoms with E-state index in [2.05, 4.69) is 241 Å². The van der Waals surface area contributed by atoms with Crippen molar-refractivity contribution in [3.63, 3.8) is 0 Å². The molecular weight excluding hydrogens is 775 g/mol. The van der Waals surface area contributed by atoms with Crippen molar-refractivity contribution in [1.29, 1.82) is 0 Å². The standard InChI is InChI=1S/C62H41NO/c1-5-20-44(21-6-1)61(45-22-7-2-8-23-45)52-31-16-15-29-50(52)59-53(61)32-18-33-55(59)63(48-37-35-43-39-40-64-57(43)41-48)56-34-17-30-51-58-49-28-14-13-19-42(49)36-38-54(58)62(60(51)56,46-24-9-3-10-25-46)47-26-11-4-12-27-47/h1-41H. The Balaban J connectivity index is 1.20. The normalized spacial score (nSPS) is 13.9. The summed E-state index contributed by atoms with van der Waals surface area (Å²) in [5.74, 6) is 0. The lowest BCUT2D eigenvalue weighted by Crippen LogP contribution is -2.30. The van der Waals surface area contributed by atoms with E-state index >= 15 is 0 Å². The molecule has 64 heavy (non-hydrogen) atoms. The zero-order chi connectivity index (χ0) is 42.2. The van der Waals surface area contributed by atoms with Crippen LogP contribution in [0.2, 0.25) is 0 Å². The SMILES string of the molecule is c1ccc(C2(c3ccccc3)c3ccccc3-c3c(N(c4ccc5ccoc5c4)c4cccc5c4C(c4ccccc4)(c4ccccc4)c4ccc6ccccc6c4-5)cccc32)cc1. The molecule has 0 N–H and O–H groups in total. The van der Waals surface area contributed by atoms with Crippen molar-refractivity contribution in [2.45, 2.75) is 10.8 Å². The van der Waals surface area contributed by atoms with Crippen molar-refractivity contribution in [3.8, 4) is 22.3 Å². The van der Waals surface area contributed by atoms with Gasteiger partial charge in [0, 0.05) is 28.3 Å². The van der Waals surface area contributed by atoms with Crippen molar-refractivity contribution in [2.24, 2.45) is 0 Å². The molecule has 0 radical (unpaired) electrons. The second kappa shape index (κ2) is 14.2. The van der Waals surface area contributed by atoms with E-state index in [0.717, 1.165) is 28.0 Å². The van der Waals surface area contributed by atoms with E-state index in [0.29, 0.717) is 0 Å². The van der Waals surface area contributed by atoms with Crippen LogP contribution in [0.15, 0.2) is 253 Å². The highest BCUT2D eigenvalue weighted by Gasteiger charge is 2.51. The molecule has 2 aliphatic carbocycles. The van der Waals surface area contributed by atoms with Crippen LogP contribution < -0.4 is 4.90 Å². The van der Waals surface area contributed by atoms with E-state index in [1.165, 1.54) is 77.5 Å². The lowest BCUT2D eigenvalue weighted by Gasteiger charge is -2.38. The van der Waals surface area contributed by atoms with E-state index in [1.807, 2.05) is 6.07 Å². The number of benzene rings is 10. The van der Waals surface area contributed by atoms with Crippen LogP contribution in [0.5, 0.6) is 0 Å². The van der Waals surface area contributed by atoms with E-state index in [4.69, 9.17) is 4.42 Å². The monoisotopic (exact) mass is 815 g/mol. The van der Waals surface area contributed by atoms with Gasteiger partial charge in [-0.05, 0) is 96.7 Å². The molecule has 300 valence electrons. The maximum Gasteiger partial charge on any atom is 0.135 e. The lowest BCUT2D eigenvalue weighted by molar-refractivity contribution is 0.616. The third kappa shape index (κ3) is 4.97. The van der Waals surface area contributed by atoms with Gasteiger partial charge in [0.1, 0.15) is 5.58 Å². The maximum atomic E-state index is 6.22. The first kappa shape index (κ1) is 36.5. The zero-order valence-corrected chi connectivity index (χ0v) is 35.0. The molecule has 0 bridgehead atoms. The molecule has 1 heterocycles. The Labute approximate surface area is 373 Å². The number of hydrogen-bond donors (Lipinski definition) is 0. The Morgan fingerprint density at radius 1 is 0.344 bits per heavy atom. The number of hydrogen-bond acceptors (Lipinski definition) is 2. The van der Waals surface area contributed by atoms with Crippen LogP contribution >= 0.6 is 0 Å². The average molecular weight is 816 g/mol. The molecule has 0 amide bonds. The second-order valence-electron chi connectivity index (χ2n) is 17.1. The molecule has 2 aliphatic rings. The van der Waals surface area contributed by atoms with Gasteiger partial charge in [0.25, 0.3) is 0 Å². The summed E-state index contributed by atoms with van der Waals surface area (Å²) in [6.45, 7) is 0. The maximum absolute atomic E-state index is 6.22. The molecule has 0 atom stereocenters. The van der Waals surface area contributed by atoms with Gasteiger partial charge in [0.15, 0.2) is 0 Å². The third-order valence-electron chi connectivity index (χ3n) is 14.1. The van der Waals surface area contributed by atoms with Crippen LogP contribution in [-0.4, -0.2) is 0 Å². The van der Waals surface area contributed by atoms with Gasteiger partial charge in [-0.25, -0.2) is 0 Å². The summed E-state index contributed by atoms with van der Waals surface area (Å²) in [6.07, 6.45) is 1.79. The number of fused-ring (bicyclic) bond motifs is 9. The van der Waals surface area contributed by atoms with Crippen molar-refractivity contribution in [1.82, 2.24) is 0 Å². The fourth-order valence-corrected chi connectivity index (χ4v) is 11.6. The van der Waals surface area contributed by atoms with E-state index in [9.17, 15) is 0 Å². The highest BCUT2D eigenvalue weighted by Crippen LogP contribution is 2.64. The molecule has 1 aromatic heterocycles. The summed E-state index contributed by atoms with van der Waals surface area (Å²) >= 11 is 0. The zero-order valence-electron chi connectivity index (χ0n) is 35.0. The molecular formula is C62H41NO. The summed E-state index contributed by atoms with van der Waals surface area (Å²) in [6, 6.07) is 89.8. The van der Waals surface area contributed by atoms with Gasteiger partial charge < -0.3 is 9.32 Å². The first-order chi connectivity index (χ1) is 31.8. The van der Waals surface area contributed by atoms with Crippen LogP contribution in [0.25, 0.3) is 44.0 Å².